The highest BCUT2D eigenvalue weighted by Gasteiger charge is 2.24. The molecule has 0 saturated carbocycles. The van der Waals surface area contributed by atoms with Gasteiger partial charge in [-0.05, 0) is 43.3 Å². The summed E-state index contributed by atoms with van der Waals surface area (Å²) >= 11 is 0. The molecule has 1 aromatic heterocycles. The highest BCUT2D eigenvalue weighted by Crippen LogP contribution is 2.36. The van der Waals surface area contributed by atoms with Crippen LogP contribution in [0, 0.1) is 17.0 Å². The lowest BCUT2D eigenvalue weighted by molar-refractivity contribution is -0.383. The van der Waals surface area contributed by atoms with Gasteiger partial charge in [0, 0.05) is 11.8 Å². The summed E-state index contributed by atoms with van der Waals surface area (Å²) in [7, 11) is 0. The number of phenolic OH excluding ortho intramolecular Hbond substituents is 1. The Morgan fingerprint density at radius 2 is 1.83 bits per heavy atom. The maximum atomic E-state index is 11.4. The Balaban J connectivity index is 2.32. The Morgan fingerprint density at radius 1 is 1.17 bits per heavy atom. The van der Waals surface area contributed by atoms with Crippen LogP contribution in [-0.4, -0.2) is 25.7 Å². The van der Waals surface area contributed by atoms with E-state index in [1.807, 2.05) is 0 Å². The SMILES string of the molecule is Cc1c([N+](=O)[O-])c2ccc(O)cc2n1-c1ccc(C(=O)O)cc1. The van der Waals surface area contributed by atoms with Crippen LogP contribution in [0.2, 0.25) is 0 Å². The number of carboxylic acid groups (broad SMARTS) is 1. The molecule has 0 spiro atoms. The van der Waals surface area contributed by atoms with Crippen LogP contribution in [0.3, 0.4) is 0 Å². The zero-order chi connectivity index (χ0) is 16.7. The number of hydrogen-bond donors (Lipinski definition) is 2. The molecule has 3 rings (SSSR count). The summed E-state index contributed by atoms with van der Waals surface area (Å²) in [6.07, 6.45) is 0. The number of rotatable bonds is 3. The third-order valence-electron chi connectivity index (χ3n) is 3.71. The van der Waals surface area contributed by atoms with E-state index in [9.17, 15) is 20.0 Å². The summed E-state index contributed by atoms with van der Waals surface area (Å²) in [5.41, 5.74) is 1.55. The minimum atomic E-state index is -1.05. The Hall–Kier alpha value is -3.35. The fraction of sp³-hybridized carbons (Fsp3) is 0.0625. The number of hydrogen-bond acceptors (Lipinski definition) is 4. The summed E-state index contributed by atoms with van der Waals surface area (Å²) in [4.78, 5) is 21.8. The Bertz CT molecular complexity index is 941. The van der Waals surface area contributed by atoms with Crippen LogP contribution in [0.1, 0.15) is 16.1 Å². The second-order valence-corrected chi connectivity index (χ2v) is 5.08. The quantitative estimate of drug-likeness (QED) is 0.570. The number of carboxylic acids is 1. The van der Waals surface area contributed by atoms with Crippen molar-refractivity contribution in [3.8, 4) is 11.4 Å². The first-order valence-corrected chi connectivity index (χ1v) is 6.72. The summed E-state index contributed by atoms with van der Waals surface area (Å²) in [5, 5.41) is 30.4. The van der Waals surface area contributed by atoms with Crippen LogP contribution < -0.4 is 0 Å². The average molecular weight is 312 g/mol. The minimum absolute atomic E-state index is 0.00620. The van der Waals surface area contributed by atoms with E-state index in [0.717, 1.165) is 0 Å². The number of phenols is 1. The Morgan fingerprint density at radius 3 is 2.39 bits per heavy atom. The lowest BCUT2D eigenvalue weighted by Crippen LogP contribution is -2.00. The van der Waals surface area contributed by atoms with Gasteiger partial charge in [0.15, 0.2) is 0 Å². The Labute approximate surface area is 130 Å². The van der Waals surface area contributed by atoms with Crippen LogP contribution in [-0.2, 0) is 0 Å². The molecule has 0 radical (unpaired) electrons. The molecular formula is C16H12N2O5. The van der Waals surface area contributed by atoms with Crippen LogP contribution in [0.25, 0.3) is 16.6 Å². The van der Waals surface area contributed by atoms with E-state index in [2.05, 4.69) is 0 Å². The largest absolute Gasteiger partial charge is 0.508 e. The van der Waals surface area contributed by atoms with Gasteiger partial charge < -0.3 is 14.8 Å². The van der Waals surface area contributed by atoms with E-state index >= 15 is 0 Å². The van der Waals surface area contributed by atoms with E-state index in [1.165, 1.54) is 30.3 Å². The van der Waals surface area contributed by atoms with Crippen molar-refractivity contribution >= 4 is 22.6 Å². The standard InChI is InChI=1S/C16H12N2O5/c1-9-15(18(22)23)13-7-6-12(19)8-14(13)17(9)11-4-2-10(3-5-11)16(20)21/h2-8,19H,1H3,(H,20,21). The second kappa shape index (κ2) is 5.13. The summed E-state index contributed by atoms with van der Waals surface area (Å²) < 4.78 is 1.62. The molecule has 116 valence electrons. The van der Waals surface area contributed by atoms with Gasteiger partial charge in [-0.15, -0.1) is 0 Å². The van der Waals surface area contributed by atoms with Crippen molar-refractivity contribution < 1.29 is 19.9 Å². The normalized spacial score (nSPS) is 10.8. The monoisotopic (exact) mass is 312 g/mol. The first kappa shape index (κ1) is 14.6. The molecule has 0 atom stereocenters. The van der Waals surface area contributed by atoms with Crippen molar-refractivity contribution in [3.63, 3.8) is 0 Å². The number of benzene rings is 2. The number of aromatic nitrogens is 1. The number of carbonyl (C=O) groups is 1. The molecule has 0 fully saturated rings. The van der Waals surface area contributed by atoms with Gasteiger partial charge in [0.25, 0.3) is 5.69 Å². The minimum Gasteiger partial charge on any atom is -0.508 e. The van der Waals surface area contributed by atoms with Crippen LogP contribution >= 0.6 is 0 Å². The molecule has 0 aliphatic heterocycles. The zero-order valence-electron chi connectivity index (χ0n) is 12.1. The van der Waals surface area contributed by atoms with E-state index in [-0.39, 0.29) is 17.0 Å². The number of fused-ring (bicyclic) bond motifs is 1. The number of aromatic hydroxyl groups is 1. The lowest BCUT2D eigenvalue weighted by atomic mass is 10.2. The molecule has 0 unspecified atom stereocenters. The van der Waals surface area contributed by atoms with E-state index in [4.69, 9.17) is 5.11 Å². The summed E-state index contributed by atoms with van der Waals surface area (Å²) in [6.45, 7) is 1.61. The maximum Gasteiger partial charge on any atom is 0.335 e. The molecule has 1 heterocycles. The van der Waals surface area contributed by atoms with Crippen molar-refractivity contribution in [1.82, 2.24) is 4.57 Å². The number of nitro groups is 1. The third-order valence-corrected chi connectivity index (χ3v) is 3.71. The van der Waals surface area contributed by atoms with E-state index in [1.54, 1.807) is 23.6 Å². The van der Waals surface area contributed by atoms with Gasteiger partial charge in [-0.3, -0.25) is 10.1 Å². The average Bonchev–Trinajstić information content (AvgIpc) is 2.78. The molecule has 0 saturated heterocycles. The van der Waals surface area contributed by atoms with Crippen molar-refractivity contribution in [2.24, 2.45) is 0 Å². The van der Waals surface area contributed by atoms with Gasteiger partial charge in [-0.2, -0.15) is 0 Å². The molecule has 3 aromatic rings. The predicted octanol–water partition coefficient (Wildman–Crippen LogP) is 3.25. The smallest absolute Gasteiger partial charge is 0.335 e. The van der Waals surface area contributed by atoms with Crippen molar-refractivity contribution in [1.29, 1.82) is 0 Å². The van der Waals surface area contributed by atoms with Gasteiger partial charge in [-0.25, -0.2) is 4.79 Å². The van der Waals surface area contributed by atoms with Gasteiger partial charge >= 0.3 is 5.97 Å². The molecule has 23 heavy (non-hydrogen) atoms. The van der Waals surface area contributed by atoms with Crippen LogP contribution in [0.4, 0.5) is 5.69 Å². The molecule has 7 nitrogen and oxygen atoms in total. The number of aromatic carboxylic acids is 1. The molecular weight excluding hydrogens is 300 g/mol. The highest BCUT2D eigenvalue weighted by molar-refractivity contribution is 5.94. The fourth-order valence-corrected chi connectivity index (χ4v) is 2.70. The fourth-order valence-electron chi connectivity index (χ4n) is 2.70. The molecule has 2 aromatic carbocycles. The van der Waals surface area contributed by atoms with Crippen molar-refractivity contribution in [2.75, 3.05) is 0 Å². The van der Waals surface area contributed by atoms with Crippen LogP contribution in [0.15, 0.2) is 42.5 Å². The third kappa shape index (κ3) is 2.28. The Kier molecular flexibility index (Phi) is 3.25. The first-order valence-electron chi connectivity index (χ1n) is 6.72. The van der Waals surface area contributed by atoms with E-state index in [0.29, 0.717) is 22.3 Å². The van der Waals surface area contributed by atoms with Crippen molar-refractivity contribution in [2.45, 2.75) is 6.92 Å². The zero-order valence-corrected chi connectivity index (χ0v) is 12.1. The lowest BCUT2D eigenvalue weighted by Gasteiger charge is -2.08. The molecule has 0 amide bonds. The number of nitrogens with zero attached hydrogens (tertiary/aromatic N) is 2. The van der Waals surface area contributed by atoms with Gasteiger partial charge in [0.05, 0.1) is 27.1 Å². The highest BCUT2D eigenvalue weighted by atomic mass is 16.6. The molecule has 2 N–H and O–H groups in total. The van der Waals surface area contributed by atoms with Gasteiger partial charge in [-0.1, -0.05) is 0 Å². The van der Waals surface area contributed by atoms with Gasteiger partial charge in [0.1, 0.15) is 5.75 Å². The predicted molar refractivity (Wildman–Crippen MR) is 83.3 cm³/mol. The first-order chi connectivity index (χ1) is 10.9. The molecule has 0 aliphatic carbocycles. The van der Waals surface area contributed by atoms with Crippen LogP contribution in [0.5, 0.6) is 5.75 Å². The maximum absolute atomic E-state index is 11.4. The molecule has 7 heteroatoms. The van der Waals surface area contributed by atoms with E-state index < -0.39 is 10.9 Å². The van der Waals surface area contributed by atoms with Gasteiger partial charge in [0.2, 0.25) is 0 Å². The topological polar surface area (TPSA) is 106 Å². The summed E-state index contributed by atoms with van der Waals surface area (Å²) in [6, 6.07) is 10.3. The molecule has 0 aliphatic rings. The second-order valence-electron chi connectivity index (χ2n) is 5.08. The van der Waals surface area contributed by atoms with Crippen molar-refractivity contribution in [3.05, 3.63) is 63.8 Å². The summed E-state index contributed by atoms with van der Waals surface area (Å²) in [5.74, 6) is -1.05. The molecule has 0 bridgehead atoms.